The lowest BCUT2D eigenvalue weighted by molar-refractivity contribution is -0.141. The first-order valence-electron chi connectivity index (χ1n) is 9.19. The summed E-state index contributed by atoms with van der Waals surface area (Å²) in [5.74, 6) is -1.85. The van der Waals surface area contributed by atoms with E-state index in [1.54, 1.807) is 41.3 Å². The average molecular weight is 365 g/mol. The van der Waals surface area contributed by atoms with E-state index in [4.69, 9.17) is 0 Å². The van der Waals surface area contributed by atoms with Crippen LogP contribution in [0.4, 0.5) is 4.39 Å². The number of likely N-dealkylation sites (tertiary alicyclic amines) is 1. The van der Waals surface area contributed by atoms with E-state index in [-0.39, 0.29) is 23.2 Å². The van der Waals surface area contributed by atoms with E-state index < -0.39 is 17.7 Å². The third kappa shape index (κ3) is 3.03. The summed E-state index contributed by atoms with van der Waals surface area (Å²) in [6.45, 7) is 0. The van der Waals surface area contributed by atoms with E-state index in [1.807, 2.05) is 6.07 Å². The first-order valence-corrected chi connectivity index (χ1v) is 9.19. The van der Waals surface area contributed by atoms with Gasteiger partial charge in [-0.3, -0.25) is 9.59 Å². The van der Waals surface area contributed by atoms with Gasteiger partial charge in [0.05, 0.1) is 11.6 Å². The molecule has 2 aliphatic rings. The van der Waals surface area contributed by atoms with Crippen LogP contribution < -0.4 is 0 Å². The van der Waals surface area contributed by atoms with Crippen LogP contribution in [-0.4, -0.2) is 27.7 Å². The summed E-state index contributed by atoms with van der Waals surface area (Å²) < 4.78 is 13.4. The Bertz CT molecular complexity index is 899. The quantitative estimate of drug-likeness (QED) is 0.504. The largest absolute Gasteiger partial charge is 0.507 e. The molecule has 4 rings (SSSR count). The van der Waals surface area contributed by atoms with E-state index in [1.165, 1.54) is 12.1 Å². The minimum Gasteiger partial charge on any atom is -0.507 e. The monoisotopic (exact) mass is 365 g/mol. The molecule has 1 saturated carbocycles. The summed E-state index contributed by atoms with van der Waals surface area (Å²) in [7, 11) is 0. The lowest BCUT2D eigenvalue weighted by Gasteiger charge is -2.30. The van der Waals surface area contributed by atoms with Crippen molar-refractivity contribution in [3.8, 4) is 0 Å². The van der Waals surface area contributed by atoms with Gasteiger partial charge >= 0.3 is 0 Å². The molecule has 5 heteroatoms. The maximum Gasteiger partial charge on any atom is 0.295 e. The Morgan fingerprint density at radius 3 is 2.22 bits per heavy atom. The summed E-state index contributed by atoms with van der Waals surface area (Å²) in [6, 6.07) is 13.7. The molecule has 2 aromatic carbocycles. The molecular weight excluding hydrogens is 345 g/mol. The number of aliphatic hydroxyl groups is 1. The highest BCUT2D eigenvalue weighted by molar-refractivity contribution is 6.46. The van der Waals surface area contributed by atoms with Crippen LogP contribution in [-0.2, 0) is 9.59 Å². The van der Waals surface area contributed by atoms with E-state index in [0.29, 0.717) is 11.1 Å². The van der Waals surface area contributed by atoms with Crippen LogP contribution >= 0.6 is 0 Å². The van der Waals surface area contributed by atoms with Gasteiger partial charge in [-0.2, -0.15) is 0 Å². The van der Waals surface area contributed by atoms with Crippen molar-refractivity contribution in [3.63, 3.8) is 0 Å². The normalized spacial score (nSPS) is 22.6. The second-order valence-electron chi connectivity index (χ2n) is 7.06. The Morgan fingerprint density at radius 2 is 1.59 bits per heavy atom. The van der Waals surface area contributed by atoms with Crippen molar-refractivity contribution in [3.05, 3.63) is 77.1 Å². The van der Waals surface area contributed by atoms with Gasteiger partial charge in [-0.25, -0.2) is 4.39 Å². The van der Waals surface area contributed by atoms with E-state index >= 15 is 0 Å². The number of rotatable bonds is 3. The van der Waals surface area contributed by atoms with Crippen molar-refractivity contribution in [2.24, 2.45) is 0 Å². The van der Waals surface area contributed by atoms with Gasteiger partial charge in [-0.15, -0.1) is 0 Å². The summed E-state index contributed by atoms with van der Waals surface area (Å²) in [6.07, 6.45) is 3.66. The van der Waals surface area contributed by atoms with Crippen LogP contribution in [0.5, 0.6) is 0 Å². The molecule has 4 nitrogen and oxygen atoms in total. The third-order valence-corrected chi connectivity index (χ3v) is 5.43. The number of carbonyl (C=O) groups is 2. The second-order valence-corrected chi connectivity index (χ2v) is 7.06. The van der Waals surface area contributed by atoms with Crippen molar-refractivity contribution >= 4 is 17.4 Å². The number of nitrogens with zero attached hydrogens (tertiary/aromatic N) is 1. The number of aliphatic hydroxyl groups excluding tert-OH is 1. The number of halogens is 1. The van der Waals surface area contributed by atoms with Crippen molar-refractivity contribution in [2.75, 3.05) is 0 Å². The lowest BCUT2D eigenvalue weighted by Crippen LogP contribution is -2.37. The van der Waals surface area contributed by atoms with Crippen molar-refractivity contribution in [1.82, 2.24) is 4.90 Å². The van der Waals surface area contributed by atoms with Crippen molar-refractivity contribution in [1.29, 1.82) is 0 Å². The molecule has 1 atom stereocenters. The number of amides is 1. The van der Waals surface area contributed by atoms with Gasteiger partial charge in [0.15, 0.2) is 0 Å². The van der Waals surface area contributed by atoms with Crippen LogP contribution in [0.1, 0.15) is 42.9 Å². The number of hydrogen-bond donors (Lipinski definition) is 1. The van der Waals surface area contributed by atoms with Crippen LogP contribution in [0.15, 0.2) is 60.2 Å². The molecule has 0 spiro atoms. The third-order valence-electron chi connectivity index (χ3n) is 5.43. The molecule has 1 saturated heterocycles. The number of hydrogen-bond acceptors (Lipinski definition) is 3. The molecule has 1 aliphatic heterocycles. The Morgan fingerprint density at radius 1 is 0.963 bits per heavy atom. The molecule has 138 valence electrons. The summed E-state index contributed by atoms with van der Waals surface area (Å²) in [5.41, 5.74) is 1.18. The minimum atomic E-state index is -0.700. The molecular formula is C22H20FNO3. The van der Waals surface area contributed by atoms with Crippen molar-refractivity contribution < 1.29 is 19.1 Å². The van der Waals surface area contributed by atoms with E-state index in [0.717, 1.165) is 25.7 Å². The van der Waals surface area contributed by atoms with Crippen molar-refractivity contribution in [2.45, 2.75) is 37.8 Å². The zero-order chi connectivity index (χ0) is 19.0. The molecule has 2 fully saturated rings. The maximum atomic E-state index is 13.4. The maximum absolute atomic E-state index is 13.4. The van der Waals surface area contributed by atoms with Crippen LogP contribution in [0, 0.1) is 5.82 Å². The van der Waals surface area contributed by atoms with E-state index in [9.17, 15) is 19.1 Å². The summed E-state index contributed by atoms with van der Waals surface area (Å²) >= 11 is 0. The molecule has 1 N–H and O–H groups in total. The second kappa shape index (κ2) is 6.99. The predicted molar refractivity (Wildman–Crippen MR) is 99.2 cm³/mol. The molecule has 2 aromatic rings. The highest BCUT2D eigenvalue weighted by Gasteiger charge is 2.49. The number of ketones is 1. The lowest BCUT2D eigenvalue weighted by atomic mass is 9.94. The Hall–Kier alpha value is -2.95. The highest BCUT2D eigenvalue weighted by Crippen LogP contribution is 2.43. The van der Waals surface area contributed by atoms with Gasteiger partial charge in [0.1, 0.15) is 11.6 Å². The minimum absolute atomic E-state index is 0.0439. The standard InChI is InChI=1S/C22H20FNO3/c23-16-12-10-14(11-13-16)19-18(20(25)15-6-2-1-3-7-15)21(26)22(27)24(19)17-8-4-5-9-17/h1-3,6-7,10-13,17,19,25H,4-5,8-9H2/b20-18-. The molecule has 0 aromatic heterocycles. The van der Waals surface area contributed by atoms with Crippen LogP contribution in [0.3, 0.4) is 0 Å². The first kappa shape index (κ1) is 17.5. The fourth-order valence-corrected chi connectivity index (χ4v) is 4.13. The first-order chi connectivity index (χ1) is 13.1. The average Bonchev–Trinajstić information content (AvgIpc) is 3.30. The zero-order valence-corrected chi connectivity index (χ0v) is 14.8. The van der Waals surface area contributed by atoms with Gasteiger partial charge in [0.2, 0.25) is 0 Å². The molecule has 0 bridgehead atoms. The zero-order valence-electron chi connectivity index (χ0n) is 14.8. The number of carbonyl (C=O) groups excluding carboxylic acids is 2. The Kier molecular flexibility index (Phi) is 4.52. The Balaban J connectivity index is 1.88. The van der Waals surface area contributed by atoms with Gasteiger partial charge in [0.25, 0.3) is 11.7 Å². The molecule has 1 heterocycles. The Labute approximate surface area is 156 Å². The van der Waals surface area contributed by atoms with E-state index in [2.05, 4.69) is 0 Å². The van der Waals surface area contributed by atoms with Gasteiger partial charge in [-0.05, 0) is 30.5 Å². The highest BCUT2D eigenvalue weighted by atomic mass is 19.1. The topological polar surface area (TPSA) is 57.6 Å². The van der Waals surface area contributed by atoms with Gasteiger partial charge < -0.3 is 10.0 Å². The fourth-order valence-electron chi connectivity index (χ4n) is 4.13. The van der Waals surface area contributed by atoms with Crippen LogP contribution in [0.25, 0.3) is 5.76 Å². The van der Waals surface area contributed by atoms with Crippen LogP contribution in [0.2, 0.25) is 0 Å². The molecule has 1 aliphatic carbocycles. The fraction of sp³-hybridized carbons (Fsp3) is 0.273. The summed E-state index contributed by atoms with van der Waals surface area (Å²) in [4.78, 5) is 27.3. The van der Waals surface area contributed by atoms with Gasteiger partial charge in [-0.1, -0.05) is 55.3 Å². The SMILES string of the molecule is O=C1C(=O)N(C2CCCC2)C(c2ccc(F)cc2)/C1=C(/O)c1ccccc1. The molecule has 1 unspecified atom stereocenters. The summed E-state index contributed by atoms with van der Waals surface area (Å²) in [5, 5.41) is 10.9. The number of benzene rings is 2. The van der Waals surface area contributed by atoms with Gasteiger partial charge in [0, 0.05) is 11.6 Å². The molecule has 0 radical (unpaired) electrons. The smallest absolute Gasteiger partial charge is 0.295 e. The molecule has 1 amide bonds. The molecule has 27 heavy (non-hydrogen) atoms. The number of Topliss-reactive ketones (excluding diaryl/α,β-unsaturated/α-hetero) is 1. The predicted octanol–water partition coefficient (Wildman–Crippen LogP) is 4.19.